The molecule has 0 amide bonds. The molecular weight excluding hydrogens is 391 g/mol. The second-order valence-corrected chi connectivity index (χ2v) is 9.67. The molecule has 1 aliphatic rings. The van der Waals surface area contributed by atoms with E-state index in [2.05, 4.69) is 32.2 Å². The minimum Gasteiger partial charge on any atom is -0.395 e. The van der Waals surface area contributed by atoms with Crippen molar-refractivity contribution in [3.05, 3.63) is 69.7 Å². The Morgan fingerprint density at radius 3 is 2.32 bits per heavy atom. The Morgan fingerprint density at radius 2 is 1.79 bits per heavy atom. The lowest BCUT2D eigenvalue weighted by Gasteiger charge is -2.37. The number of aliphatic hydroxyl groups excluding tert-OH is 1. The fourth-order valence-corrected chi connectivity index (χ4v) is 4.85. The zero-order valence-corrected chi connectivity index (χ0v) is 17.9. The fraction of sp³-hybridized carbons (Fsp3) is 0.435. The molecule has 1 fully saturated rings. The quantitative estimate of drug-likeness (QED) is 0.709. The molecule has 0 radical (unpaired) electrons. The second kappa shape index (κ2) is 8.05. The number of hydrogen-bond donors (Lipinski definition) is 2. The first-order valence-corrected chi connectivity index (χ1v) is 10.3. The third-order valence-corrected chi connectivity index (χ3v) is 6.07. The molecule has 0 bridgehead atoms. The Balaban J connectivity index is 2.23. The van der Waals surface area contributed by atoms with Crippen molar-refractivity contribution in [3.8, 4) is 6.07 Å². The molecule has 28 heavy (non-hydrogen) atoms. The van der Waals surface area contributed by atoms with Gasteiger partial charge >= 0.3 is 0 Å². The first-order valence-electron chi connectivity index (χ1n) is 9.51. The van der Waals surface area contributed by atoms with Crippen molar-refractivity contribution >= 4 is 23.2 Å². The summed E-state index contributed by atoms with van der Waals surface area (Å²) in [4.78, 5) is 0. The second-order valence-electron chi connectivity index (χ2n) is 8.79. The van der Waals surface area contributed by atoms with E-state index in [0.717, 1.165) is 17.5 Å². The first-order chi connectivity index (χ1) is 13.2. The maximum absolute atomic E-state index is 10.6. The Bertz CT molecular complexity index is 869. The van der Waals surface area contributed by atoms with Crippen molar-refractivity contribution in [1.29, 1.82) is 5.26 Å². The number of nitrogens with zero attached hydrogens (tertiary/aromatic N) is 1. The third kappa shape index (κ3) is 3.93. The van der Waals surface area contributed by atoms with Gasteiger partial charge in [-0.3, -0.25) is 0 Å². The van der Waals surface area contributed by atoms with Gasteiger partial charge in [-0.05, 0) is 47.2 Å². The van der Waals surface area contributed by atoms with Gasteiger partial charge in [0.2, 0.25) is 0 Å². The molecule has 1 saturated heterocycles. The summed E-state index contributed by atoms with van der Waals surface area (Å²) in [6, 6.07) is 17.4. The van der Waals surface area contributed by atoms with Crippen molar-refractivity contribution in [2.75, 3.05) is 6.61 Å². The number of aliphatic hydroxyl groups is 1. The number of rotatable bonds is 4. The molecule has 5 heteroatoms. The standard InChI is InChI=1S/C23H26Cl2N2O/c1-22(2,3)12-20-23(14-26,16-7-9-17(24)10-8-16)21(19(13-28)27-20)15-5-4-6-18(25)11-15/h4-11,19-21,27-28H,12-13H2,1-3H3. The normalized spacial score (nSPS) is 27.5. The van der Waals surface area contributed by atoms with Crippen LogP contribution in [0.1, 0.15) is 44.2 Å². The molecule has 0 aromatic heterocycles. The Morgan fingerprint density at radius 1 is 1.11 bits per heavy atom. The lowest BCUT2D eigenvalue weighted by Crippen LogP contribution is -2.44. The summed E-state index contributed by atoms with van der Waals surface area (Å²) in [6.45, 7) is 6.44. The number of benzene rings is 2. The van der Waals surface area contributed by atoms with Gasteiger partial charge in [0.1, 0.15) is 5.41 Å². The van der Waals surface area contributed by atoms with Crippen molar-refractivity contribution in [1.82, 2.24) is 5.32 Å². The molecule has 2 aromatic rings. The zero-order chi connectivity index (χ0) is 20.5. The molecule has 3 nitrogen and oxygen atoms in total. The molecule has 3 rings (SSSR count). The topological polar surface area (TPSA) is 56.0 Å². The van der Waals surface area contributed by atoms with Crippen LogP contribution in [0.2, 0.25) is 10.0 Å². The van der Waals surface area contributed by atoms with E-state index in [1.807, 2.05) is 48.5 Å². The highest BCUT2D eigenvalue weighted by molar-refractivity contribution is 6.30. The lowest BCUT2D eigenvalue weighted by molar-refractivity contribution is 0.237. The monoisotopic (exact) mass is 416 g/mol. The van der Waals surface area contributed by atoms with E-state index >= 15 is 0 Å². The van der Waals surface area contributed by atoms with Crippen molar-refractivity contribution in [2.24, 2.45) is 5.41 Å². The molecule has 1 heterocycles. The van der Waals surface area contributed by atoms with Crippen LogP contribution in [0.5, 0.6) is 0 Å². The highest BCUT2D eigenvalue weighted by atomic mass is 35.5. The molecule has 0 aliphatic carbocycles. The lowest BCUT2D eigenvalue weighted by atomic mass is 9.63. The molecule has 0 saturated carbocycles. The maximum Gasteiger partial charge on any atom is 0.106 e. The average molecular weight is 417 g/mol. The SMILES string of the molecule is CC(C)(C)CC1NC(CO)C(c2cccc(Cl)c2)C1(C#N)c1ccc(Cl)cc1. The van der Waals surface area contributed by atoms with E-state index in [4.69, 9.17) is 23.2 Å². The predicted octanol–water partition coefficient (Wildman–Crippen LogP) is 5.31. The van der Waals surface area contributed by atoms with Gasteiger partial charge in [0, 0.05) is 28.0 Å². The minimum atomic E-state index is -0.851. The van der Waals surface area contributed by atoms with E-state index < -0.39 is 5.41 Å². The van der Waals surface area contributed by atoms with E-state index in [-0.39, 0.29) is 30.0 Å². The van der Waals surface area contributed by atoms with E-state index in [0.29, 0.717) is 10.0 Å². The van der Waals surface area contributed by atoms with Gasteiger partial charge in [0.05, 0.1) is 12.7 Å². The Hall–Kier alpha value is -1.57. The van der Waals surface area contributed by atoms with Gasteiger partial charge in [-0.2, -0.15) is 5.26 Å². The van der Waals surface area contributed by atoms with Crippen molar-refractivity contribution < 1.29 is 5.11 Å². The van der Waals surface area contributed by atoms with Gasteiger partial charge in [0.25, 0.3) is 0 Å². The fourth-order valence-electron chi connectivity index (χ4n) is 4.52. The Labute approximate surface area is 177 Å². The summed E-state index contributed by atoms with van der Waals surface area (Å²) in [5, 5.41) is 25.6. The van der Waals surface area contributed by atoms with Crippen LogP contribution in [-0.4, -0.2) is 23.8 Å². The number of halogens is 2. The smallest absolute Gasteiger partial charge is 0.106 e. The molecule has 2 aromatic carbocycles. The summed E-state index contributed by atoms with van der Waals surface area (Å²) in [5.41, 5.74) is 1.01. The molecule has 4 atom stereocenters. The van der Waals surface area contributed by atoms with Crippen LogP contribution < -0.4 is 5.32 Å². The summed E-state index contributed by atoms with van der Waals surface area (Å²) in [5.74, 6) is -0.241. The first kappa shape index (κ1) is 21.1. The highest BCUT2D eigenvalue weighted by Gasteiger charge is 2.57. The van der Waals surface area contributed by atoms with Crippen LogP contribution >= 0.6 is 23.2 Å². The summed E-state index contributed by atoms with van der Waals surface area (Å²) < 4.78 is 0. The van der Waals surface area contributed by atoms with E-state index in [1.165, 1.54) is 0 Å². The molecule has 0 spiro atoms. The predicted molar refractivity (Wildman–Crippen MR) is 115 cm³/mol. The maximum atomic E-state index is 10.6. The summed E-state index contributed by atoms with van der Waals surface area (Å²) >= 11 is 12.4. The number of hydrogen-bond acceptors (Lipinski definition) is 3. The zero-order valence-electron chi connectivity index (χ0n) is 16.4. The van der Waals surface area contributed by atoms with Gasteiger partial charge in [-0.15, -0.1) is 0 Å². The van der Waals surface area contributed by atoms with E-state index in [9.17, 15) is 10.4 Å². The van der Waals surface area contributed by atoms with Crippen LogP contribution in [0.3, 0.4) is 0 Å². The van der Waals surface area contributed by atoms with Crippen molar-refractivity contribution in [3.63, 3.8) is 0 Å². The van der Waals surface area contributed by atoms with Crippen molar-refractivity contribution in [2.45, 2.75) is 50.6 Å². The third-order valence-electron chi connectivity index (χ3n) is 5.59. The number of nitrogens with one attached hydrogen (secondary N) is 1. The van der Waals surface area contributed by atoms with E-state index in [1.54, 1.807) is 0 Å². The van der Waals surface area contributed by atoms with Crippen LogP contribution in [0.4, 0.5) is 0 Å². The summed E-state index contributed by atoms with van der Waals surface area (Å²) in [6.07, 6.45) is 0.788. The van der Waals surface area contributed by atoms with Crippen LogP contribution in [0.25, 0.3) is 0 Å². The summed E-state index contributed by atoms with van der Waals surface area (Å²) in [7, 11) is 0. The molecule has 4 unspecified atom stereocenters. The van der Waals surface area contributed by atoms with Crippen LogP contribution in [0, 0.1) is 16.7 Å². The molecule has 1 aliphatic heterocycles. The largest absolute Gasteiger partial charge is 0.395 e. The van der Waals surface area contributed by atoms with Gasteiger partial charge in [-0.1, -0.05) is 68.2 Å². The molecule has 148 valence electrons. The number of nitriles is 1. The molecule has 2 N–H and O–H groups in total. The highest BCUT2D eigenvalue weighted by Crippen LogP contribution is 2.51. The van der Waals surface area contributed by atoms with Gasteiger partial charge in [0.15, 0.2) is 0 Å². The van der Waals surface area contributed by atoms with Crippen LogP contribution in [0.15, 0.2) is 48.5 Å². The van der Waals surface area contributed by atoms with Gasteiger partial charge < -0.3 is 10.4 Å². The van der Waals surface area contributed by atoms with Gasteiger partial charge in [-0.25, -0.2) is 0 Å². The van der Waals surface area contributed by atoms with Crippen LogP contribution in [-0.2, 0) is 5.41 Å². The minimum absolute atomic E-state index is 0.00935. The average Bonchev–Trinajstić information content (AvgIpc) is 2.94. The molecular formula is C23H26Cl2N2O. The Kier molecular flexibility index (Phi) is 6.08.